The Hall–Kier alpha value is -2.83. The van der Waals surface area contributed by atoms with E-state index >= 15 is 0 Å². The number of hydrogen-bond acceptors (Lipinski definition) is 7. The van der Waals surface area contributed by atoms with Crippen molar-refractivity contribution in [3.8, 4) is 17.6 Å². The lowest BCUT2D eigenvalue weighted by atomic mass is 10.1. The summed E-state index contributed by atoms with van der Waals surface area (Å²) < 4.78 is 15.7. The van der Waals surface area contributed by atoms with Crippen LogP contribution >= 0.6 is 12.2 Å². The van der Waals surface area contributed by atoms with Gasteiger partial charge in [0.2, 0.25) is 6.79 Å². The summed E-state index contributed by atoms with van der Waals surface area (Å²) in [5.41, 5.74) is 1.21. The summed E-state index contributed by atoms with van der Waals surface area (Å²) in [7, 11) is 1.64. The van der Waals surface area contributed by atoms with E-state index in [0.717, 1.165) is 10.9 Å². The van der Waals surface area contributed by atoms with Gasteiger partial charge in [0.1, 0.15) is 11.9 Å². The summed E-state index contributed by atoms with van der Waals surface area (Å²) in [4.78, 5) is 4.54. The molecule has 3 rings (SSSR count). The quantitative estimate of drug-likeness (QED) is 0.490. The molecule has 0 bridgehead atoms. The second-order valence-electron chi connectivity index (χ2n) is 5.50. The van der Waals surface area contributed by atoms with E-state index in [1.807, 2.05) is 12.1 Å². The average Bonchev–Trinajstić information content (AvgIpc) is 3.10. The predicted molar refractivity (Wildman–Crippen MR) is 102 cm³/mol. The highest BCUT2D eigenvalue weighted by Gasteiger charge is 2.16. The van der Waals surface area contributed by atoms with Crippen LogP contribution in [0.2, 0.25) is 0 Å². The average molecular weight is 373 g/mol. The van der Waals surface area contributed by atoms with Crippen molar-refractivity contribution in [3.63, 3.8) is 0 Å². The first-order chi connectivity index (χ1) is 12.7. The number of hydrogen-bond donors (Lipinski definition) is 3. The van der Waals surface area contributed by atoms with E-state index in [0.29, 0.717) is 54.2 Å². The number of nitriles is 1. The van der Waals surface area contributed by atoms with Gasteiger partial charge in [0.25, 0.3) is 0 Å². The number of nitrogens with zero attached hydrogens (tertiary/aromatic N) is 2. The molecule has 3 N–H and O–H groups in total. The second-order valence-corrected chi connectivity index (χ2v) is 5.91. The second kappa shape index (κ2) is 8.51. The van der Waals surface area contributed by atoms with E-state index in [4.69, 9.17) is 26.4 Å². The molecule has 136 valence electrons. The molecule has 1 aromatic carbocycles. The van der Waals surface area contributed by atoms with Crippen molar-refractivity contribution in [1.29, 1.82) is 5.26 Å². The van der Waals surface area contributed by atoms with E-state index in [2.05, 4.69) is 27.0 Å². The van der Waals surface area contributed by atoms with Gasteiger partial charge in [0.05, 0.1) is 17.7 Å². The molecule has 0 aliphatic carbocycles. The Kier molecular flexibility index (Phi) is 5.88. The Labute approximate surface area is 156 Å². The number of fused-ring (bicyclic) bond motifs is 2. The largest absolute Gasteiger partial charge is 0.454 e. The van der Waals surface area contributed by atoms with E-state index < -0.39 is 0 Å². The molecule has 0 atom stereocenters. The summed E-state index contributed by atoms with van der Waals surface area (Å²) in [6.07, 6.45) is 0. The molecule has 2 heterocycles. The lowest BCUT2D eigenvalue weighted by Gasteiger charge is -2.12. The van der Waals surface area contributed by atoms with Crippen molar-refractivity contribution in [2.75, 3.05) is 45.5 Å². The maximum atomic E-state index is 9.39. The van der Waals surface area contributed by atoms with Crippen molar-refractivity contribution in [2.45, 2.75) is 0 Å². The molecule has 0 unspecified atom stereocenters. The molecular weight excluding hydrogens is 354 g/mol. The molecule has 0 amide bonds. The van der Waals surface area contributed by atoms with Crippen LogP contribution in [-0.4, -0.2) is 50.2 Å². The normalized spacial score (nSPS) is 11.8. The number of benzene rings is 1. The first-order valence-electron chi connectivity index (χ1n) is 8.10. The topological polar surface area (TPSA) is 100 Å². The fourth-order valence-corrected chi connectivity index (χ4v) is 2.67. The van der Waals surface area contributed by atoms with Gasteiger partial charge >= 0.3 is 0 Å². The van der Waals surface area contributed by atoms with Gasteiger partial charge in [0.15, 0.2) is 16.6 Å². The molecule has 0 saturated heterocycles. The zero-order valence-corrected chi connectivity index (χ0v) is 15.1. The third-order valence-corrected chi connectivity index (χ3v) is 4.01. The van der Waals surface area contributed by atoms with Crippen molar-refractivity contribution >= 4 is 34.1 Å². The third kappa shape index (κ3) is 4.22. The van der Waals surface area contributed by atoms with Crippen LogP contribution in [-0.2, 0) is 4.74 Å². The zero-order chi connectivity index (χ0) is 18.4. The number of ether oxygens (including phenoxy) is 3. The predicted octanol–water partition coefficient (Wildman–Crippen LogP) is 1.36. The monoisotopic (exact) mass is 373 g/mol. The fourth-order valence-electron chi connectivity index (χ4n) is 2.47. The van der Waals surface area contributed by atoms with Gasteiger partial charge in [-0.05, 0) is 24.4 Å². The van der Waals surface area contributed by atoms with E-state index in [1.54, 1.807) is 13.2 Å². The number of methoxy groups -OCH3 is 1. The van der Waals surface area contributed by atoms with Crippen molar-refractivity contribution < 1.29 is 14.2 Å². The molecule has 1 aliphatic rings. The van der Waals surface area contributed by atoms with Crippen LogP contribution in [0.3, 0.4) is 0 Å². The first kappa shape index (κ1) is 18.0. The van der Waals surface area contributed by atoms with Crippen LogP contribution in [0.1, 0.15) is 5.56 Å². The highest BCUT2D eigenvalue weighted by Crippen LogP contribution is 2.36. The Bertz CT molecular complexity index is 852. The van der Waals surface area contributed by atoms with Gasteiger partial charge < -0.3 is 30.2 Å². The number of nitrogens with one attached hydrogen (secondary N) is 3. The lowest BCUT2D eigenvalue weighted by Crippen LogP contribution is -2.39. The van der Waals surface area contributed by atoms with Crippen LogP contribution < -0.4 is 25.4 Å². The molecule has 0 spiro atoms. The van der Waals surface area contributed by atoms with Gasteiger partial charge in [-0.15, -0.1) is 0 Å². The summed E-state index contributed by atoms with van der Waals surface area (Å²) >= 11 is 5.16. The fraction of sp³-hybridized carbons (Fsp3) is 0.353. The summed E-state index contributed by atoms with van der Waals surface area (Å²) in [5.74, 6) is 1.86. The van der Waals surface area contributed by atoms with Crippen molar-refractivity contribution in [2.24, 2.45) is 0 Å². The smallest absolute Gasteiger partial charge is 0.231 e. The van der Waals surface area contributed by atoms with E-state index in [9.17, 15) is 5.26 Å². The Morgan fingerprint density at radius 3 is 2.77 bits per heavy atom. The molecule has 0 radical (unpaired) electrons. The van der Waals surface area contributed by atoms with Crippen molar-refractivity contribution in [1.82, 2.24) is 15.6 Å². The lowest BCUT2D eigenvalue weighted by molar-refractivity contribution is 0.174. The van der Waals surface area contributed by atoms with Crippen LogP contribution in [0.5, 0.6) is 11.5 Å². The molecule has 1 aliphatic heterocycles. The molecule has 0 saturated carbocycles. The van der Waals surface area contributed by atoms with Gasteiger partial charge in [-0.1, -0.05) is 0 Å². The maximum Gasteiger partial charge on any atom is 0.231 e. The molecule has 9 heteroatoms. The van der Waals surface area contributed by atoms with Crippen LogP contribution in [0.4, 0.5) is 5.82 Å². The van der Waals surface area contributed by atoms with Gasteiger partial charge in [-0.3, -0.25) is 0 Å². The Morgan fingerprint density at radius 2 is 2.00 bits per heavy atom. The van der Waals surface area contributed by atoms with Crippen molar-refractivity contribution in [3.05, 3.63) is 23.8 Å². The summed E-state index contributed by atoms with van der Waals surface area (Å²) in [5, 5.41) is 20.1. The highest BCUT2D eigenvalue weighted by molar-refractivity contribution is 7.80. The van der Waals surface area contributed by atoms with E-state index in [-0.39, 0.29) is 6.79 Å². The minimum atomic E-state index is 0.200. The van der Waals surface area contributed by atoms with Gasteiger partial charge in [-0.2, -0.15) is 5.26 Å². The molecule has 26 heavy (non-hydrogen) atoms. The summed E-state index contributed by atoms with van der Waals surface area (Å²) in [6, 6.07) is 7.61. The number of anilines is 1. The molecule has 8 nitrogen and oxygen atoms in total. The van der Waals surface area contributed by atoms with Crippen LogP contribution in [0, 0.1) is 11.3 Å². The number of aromatic nitrogens is 1. The number of pyridine rings is 1. The molecule has 1 aromatic heterocycles. The summed E-state index contributed by atoms with van der Waals surface area (Å²) in [6.45, 7) is 2.59. The molecular formula is C17H19N5O3S. The molecule has 2 aromatic rings. The zero-order valence-electron chi connectivity index (χ0n) is 14.3. The molecule has 0 fully saturated rings. The first-order valence-corrected chi connectivity index (χ1v) is 8.51. The van der Waals surface area contributed by atoms with Crippen LogP contribution in [0.25, 0.3) is 10.9 Å². The van der Waals surface area contributed by atoms with Gasteiger partial charge in [0, 0.05) is 38.2 Å². The van der Waals surface area contributed by atoms with Gasteiger partial charge in [-0.25, -0.2) is 4.98 Å². The maximum absolute atomic E-state index is 9.39. The Balaban J connectivity index is 1.61. The highest BCUT2D eigenvalue weighted by atomic mass is 32.1. The van der Waals surface area contributed by atoms with Crippen LogP contribution in [0.15, 0.2) is 18.2 Å². The minimum Gasteiger partial charge on any atom is -0.454 e. The number of rotatable bonds is 7. The number of thiocarbonyl (C=S) groups is 1. The minimum absolute atomic E-state index is 0.200. The standard InChI is InChI=1S/C17H19N5O3S/c1-23-5-4-21-17(26)20-3-2-19-16-12(9-18)6-11-7-14-15(25-10-24-14)8-13(11)22-16/h6-8H,2-5,10H2,1H3,(H,19,22)(H2,20,21,26). The third-order valence-electron chi connectivity index (χ3n) is 3.72. The SMILES string of the molecule is COCCNC(=S)NCCNc1nc2cc3c(cc2cc1C#N)OCO3. The van der Waals surface area contributed by atoms with E-state index in [1.165, 1.54) is 0 Å². The Morgan fingerprint density at radius 1 is 1.23 bits per heavy atom.